The van der Waals surface area contributed by atoms with Gasteiger partial charge in [-0.25, -0.2) is 9.18 Å². The second-order valence-electron chi connectivity index (χ2n) is 12.5. The maximum absolute atomic E-state index is 14.3. The SMILES string of the molecule is CCCc1cc(F)cc(CC(NC(C)=O)C(O)C2COC(OCC(C)(C)C)C(C)N2C(=O)OC(C)(C)C)c1. The van der Waals surface area contributed by atoms with Gasteiger partial charge in [0.2, 0.25) is 5.91 Å². The zero-order valence-corrected chi connectivity index (χ0v) is 24.5. The topological polar surface area (TPSA) is 97.3 Å². The summed E-state index contributed by atoms with van der Waals surface area (Å²) in [5, 5.41) is 14.4. The number of carbonyl (C=O) groups is 2. The number of aliphatic hydroxyl groups is 1. The van der Waals surface area contributed by atoms with E-state index in [1.165, 1.54) is 24.0 Å². The summed E-state index contributed by atoms with van der Waals surface area (Å²) < 4.78 is 32.0. The lowest BCUT2D eigenvalue weighted by Gasteiger charge is -2.47. The summed E-state index contributed by atoms with van der Waals surface area (Å²) in [6.07, 6.45) is -0.805. The van der Waals surface area contributed by atoms with Crippen molar-refractivity contribution in [3.63, 3.8) is 0 Å². The molecule has 1 aliphatic heterocycles. The first-order valence-corrected chi connectivity index (χ1v) is 13.5. The monoisotopic (exact) mass is 538 g/mol. The highest BCUT2D eigenvalue weighted by molar-refractivity contribution is 5.73. The maximum Gasteiger partial charge on any atom is 0.411 e. The molecule has 1 aliphatic rings. The number of morpholine rings is 1. The van der Waals surface area contributed by atoms with Crippen LogP contribution in [0.15, 0.2) is 18.2 Å². The van der Waals surface area contributed by atoms with Crippen molar-refractivity contribution < 1.29 is 33.3 Å². The third-order valence-electron chi connectivity index (χ3n) is 6.11. The van der Waals surface area contributed by atoms with Crippen molar-refractivity contribution >= 4 is 12.0 Å². The van der Waals surface area contributed by atoms with E-state index in [-0.39, 0.29) is 30.2 Å². The van der Waals surface area contributed by atoms with Gasteiger partial charge in [0.15, 0.2) is 6.29 Å². The van der Waals surface area contributed by atoms with Crippen LogP contribution >= 0.6 is 0 Å². The molecule has 0 radical (unpaired) electrons. The highest BCUT2D eigenvalue weighted by atomic mass is 19.1. The van der Waals surface area contributed by atoms with E-state index in [9.17, 15) is 19.1 Å². The Hall–Kier alpha value is -2.23. The van der Waals surface area contributed by atoms with Gasteiger partial charge in [-0.15, -0.1) is 0 Å². The molecule has 2 rings (SSSR count). The third-order valence-corrected chi connectivity index (χ3v) is 6.11. The molecular weight excluding hydrogens is 491 g/mol. The molecular formula is C29H47FN2O6. The van der Waals surface area contributed by atoms with Crippen LogP contribution in [0.3, 0.4) is 0 Å². The van der Waals surface area contributed by atoms with Crippen LogP contribution in [0, 0.1) is 11.2 Å². The van der Waals surface area contributed by atoms with Crippen molar-refractivity contribution in [3.05, 3.63) is 35.1 Å². The zero-order valence-electron chi connectivity index (χ0n) is 24.5. The van der Waals surface area contributed by atoms with E-state index in [2.05, 4.69) is 5.32 Å². The van der Waals surface area contributed by atoms with Crippen LogP contribution in [0.4, 0.5) is 9.18 Å². The third kappa shape index (κ3) is 9.82. The number of nitrogens with zero attached hydrogens (tertiary/aromatic N) is 1. The molecule has 5 unspecified atom stereocenters. The fourth-order valence-electron chi connectivity index (χ4n) is 4.55. The highest BCUT2D eigenvalue weighted by Gasteiger charge is 2.46. The van der Waals surface area contributed by atoms with Crippen molar-refractivity contribution in [1.82, 2.24) is 10.2 Å². The average molecular weight is 539 g/mol. The highest BCUT2D eigenvalue weighted by Crippen LogP contribution is 2.28. The van der Waals surface area contributed by atoms with Gasteiger partial charge in [-0.1, -0.05) is 40.2 Å². The number of halogens is 1. The van der Waals surface area contributed by atoms with Crippen LogP contribution in [-0.4, -0.2) is 71.3 Å². The molecule has 0 spiro atoms. The van der Waals surface area contributed by atoms with E-state index >= 15 is 0 Å². The number of ether oxygens (including phenoxy) is 3. The Morgan fingerprint density at radius 1 is 1.18 bits per heavy atom. The van der Waals surface area contributed by atoms with Crippen LogP contribution < -0.4 is 5.32 Å². The summed E-state index contributed by atoms with van der Waals surface area (Å²) in [7, 11) is 0. The van der Waals surface area contributed by atoms with Crippen LogP contribution in [0.5, 0.6) is 0 Å². The summed E-state index contributed by atoms with van der Waals surface area (Å²) in [6, 6.07) is 2.56. The minimum atomic E-state index is -1.23. The Labute approximate surface area is 227 Å². The largest absolute Gasteiger partial charge is 0.444 e. The molecule has 216 valence electrons. The van der Waals surface area contributed by atoms with Crippen molar-refractivity contribution in [2.45, 2.75) is 118 Å². The molecule has 1 aromatic rings. The second-order valence-corrected chi connectivity index (χ2v) is 12.5. The number of carbonyl (C=O) groups excluding carboxylic acids is 2. The van der Waals surface area contributed by atoms with Gasteiger partial charge in [0.25, 0.3) is 0 Å². The van der Waals surface area contributed by atoms with Crippen molar-refractivity contribution in [3.8, 4) is 0 Å². The molecule has 1 heterocycles. The number of hydrogen-bond donors (Lipinski definition) is 2. The van der Waals surface area contributed by atoms with E-state index in [1.54, 1.807) is 27.7 Å². The van der Waals surface area contributed by atoms with Crippen LogP contribution in [0.2, 0.25) is 0 Å². The summed E-state index contributed by atoms with van der Waals surface area (Å²) in [5.41, 5.74) is 0.614. The standard InChI is InChI=1S/C29H47FN2O6/c1-10-11-20-12-21(14-22(30)13-20)15-23(31-19(3)33)25(34)24-16-36-26(37-17-28(4,5)6)18(2)32(24)27(35)38-29(7,8)9/h12-14,18,23-26,34H,10-11,15-17H2,1-9H3,(H,31,33). The van der Waals surface area contributed by atoms with E-state index in [0.717, 1.165) is 12.0 Å². The van der Waals surface area contributed by atoms with Gasteiger partial charge in [0.1, 0.15) is 11.4 Å². The van der Waals surface area contributed by atoms with E-state index in [1.807, 2.05) is 33.8 Å². The summed E-state index contributed by atoms with van der Waals surface area (Å²) in [6.45, 7) is 17.0. The van der Waals surface area contributed by atoms with E-state index in [0.29, 0.717) is 18.6 Å². The predicted molar refractivity (Wildman–Crippen MR) is 144 cm³/mol. The molecule has 38 heavy (non-hydrogen) atoms. The smallest absolute Gasteiger partial charge is 0.411 e. The number of hydrogen-bond acceptors (Lipinski definition) is 6. The number of aliphatic hydroxyl groups excluding tert-OH is 1. The number of benzene rings is 1. The molecule has 1 fully saturated rings. The molecule has 0 saturated carbocycles. The summed E-state index contributed by atoms with van der Waals surface area (Å²) >= 11 is 0. The van der Waals surface area contributed by atoms with Gasteiger partial charge in [0.05, 0.1) is 37.4 Å². The molecule has 0 aliphatic carbocycles. The Kier molecular flexibility index (Phi) is 11.1. The normalized spacial score (nSPS) is 22.1. The van der Waals surface area contributed by atoms with Crippen LogP contribution in [0.1, 0.15) is 79.9 Å². The van der Waals surface area contributed by atoms with Crippen LogP contribution in [0.25, 0.3) is 0 Å². The fourth-order valence-corrected chi connectivity index (χ4v) is 4.55. The first kappa shape index (κ1) is 32.0. The quantitative estimate of drug-likeness (QED) is 0.477. The Balaban J connectivity index is 2.37. The van der Waals surface area contributed by atoms with Gasteiger partial charge >= 0.3 is 6.09 Å². The van der Waals surface area contributed by atoms with Gasteiger partial charge < -0.3 is 24.6 Å². The van der Waals surface area contributed by atoms with Gasteiger partial charge in [-0.2, -0.15) is 0 Å². The maximum atomic E-state index is 14.3. The number of aryl methyl sites for hydroxylation is 1. The Morgan fingerprint density at radius 2 is 1.82 bits per heavy atom. The molecule has 0 aromatic heterocycles. The molecule has 9 heteroatoms. The van der Waals surface area contributed by atoms with E-state index < -0.39 is 42.2 Å². The van der Waals surface area contributed by atoms with Crippen molar-refractivity contribution in [2.75, 3.05) is 13.2 Å². The molecule has 1 aromatic carbocycles. The van der Waals surface area contributed by atoms with Gasteiger partial charge in [0, 0.05) is 6.92 Å². The zero-order chi connectivity index (χ0) is 28.8. The summed E-state index contributed by atoms with van der Waals surface area (Å²) in [4.78, 5) is 27.0. The lowest BCUT2D eigenvalue weighted by molar-refractivity contribution is -0.233. The molecule has 0 bridgehead atoms. The number of rotatable bonds is 9. The molecule has 1 saturated heterocycles. The molecule has 5 atom stereocenters. The molecule has 2 N–H and O–H groups in total. The van der Waals surface area contributed by atoms with Gasteiger partial charge in [-0.3, -0.25) is 9.69 Å². The van der Waals surface area contributed by atoms with E-state index in [4.69, 9.17) is 14.2 Å². The molecule has 2 amide bonds. The average Bonchev–Trinajstić information content (AvgIpc) is 2.74. The predicted octanol–water partition coefficient (Wildman–Crippen LogP) is 4.60. The van der Waals surface area contributed by atoms with Gasteiger partial charge in [-0.05, 0) is 69.2 Å². The minimum absolute atomic E-state index is 0.0279. The first-order valence-electron chi connectivity index (χ1n) is 13.5. The number of amides is 2. The van der Waals surface area contributed by atoms with Crippen molar-refractivity contribution in [1.29, 1.82) is 0 Å². The first-order chi connectivity index (χ1) is 17.5. The van der Waals surface area contributed by atoms with Crippen LogP contribution in [-0.2, 0) is 31.8 Å². The number of nitrogens with one attached hydrogen (secondary N) is 1. The fraction of sp³-hybridized carbons (Fsp3) is 0.724. The summed E-state index contributed by atoms with van der Waals surface area (Å²) in [5.74, 6) is -0.718. The lowest BCUT2D eigenvalue weighted by atomic mass is 9.93. The molecule has 8 nitrogen and oxygen atoms in total. The van der Waals surface area contributed by atoms with Crippen molar-refractivity contribution in [2.24, 2.45) is 5.41 Å². The lowest BCUT2D eigenvalue weighted by Crippen LogP contribution is -2.66. The second kappa shape index (κ2) is 13.2. The Morgan fingerprint density at radius 3 is 2.37 bits per heavy atom. The Bertz CT molecular complexity index is 942. The minimum Gasteiger partial charge on any atom is -0.444 e.